The topological polar surface area (TPSA) is 72.4 Å². The number of halogens is 1. The van der Waals surface area contributed by atoms with Gasteiger partial charge in [-0.15, -0.1) is 0 Å². The van der Waals surface area contributed by atoms with Crippen LogP contribution >= 0.6 is 11.8 Å². The lowest BCUT2D eigenvalue weighted by atomic mass is 10.1. The number of nitrogens with two attached hydrogens (primary N) is 2. The summed E-state index contributed by atoms with van der Waals surface area (Å²) in [5, 5.41) is 0. The zero-order chi connectivity index (χ0) is 12.4. The molecule has 1 aliphatic heterocycles. The average Bonchev–Trinajstić information content (AvgIpc) is 2.29. The van der Waals surface area contributed by atoms with E-state index in [0.29, 0.717) is 5.69 Å². The summed E-state index contributed by atoms with van der Waals surface area (Å²) in [6.07, 6.45) is 0. The van der Waals surface area contributed by atoms with Crippen molar-refractivity contribution in [1.29, 1.82) is 0 Å². The Morgan fingerprint density at radius 1 is 1.35 bits per heavy atom. The molecule has 0 radical (unpaired) electrons. The Morgan fingerprint density at radius 3 is 2.59 bits per heavy atom. The minimum absolute atomic E-state index is 0.0881. The molecule has 17 heavy (non-hydrogen) atoms. The molecule has 1 aromatic rings. The van der Waals surface area contributed by atoms with Gasteiger partial charge in [-0.05, 0) is 12.1 Å². The van der Waals surface area contributed by atoms with Crippen molar-refractivity contribution in [3.05, 3.63) is 23.5 Å². The van der Waals surface area contributed by atoms with E-state index < -0.39 is 11.7 Å². The normalized spacial score (nSPS) is 15.9. The summed E-state index contributed by atoms with van der Waals surface area (Å²) in [7, 11) is 0. The summed E-state index contributed by atoms with van der Waals surface area (Å²) in [5.74, 6) is 0.875. The van der Waals surface area contributed by atoms with Crippen LogP contribution in [0.2, 0.25) is 0 Å². The van der Waals surface area contributed by atoms with Crippen LogP contribution in [0.4, 0.5) is 15.8 Å². The number of hydrogen-bond acceptors (Lipinski definition) is 4. The molecule has 0 spiro atoms. The Hall–Kier alpha value is -1.43. The highest BCUT2D eigenvalue weighted by atomic mass is 32.2. The number of nitrogen functional groups attached to an aromatic ring is 1. The maximum atomic E-state index is 13.8. The van der Waals surface area contributed by atoms with Gasteiger partial charge < -0.3 is 16.4 Å². The number of primary amides is 1. The average molecular weight is 255 g/mol. The van der Waals surface area contributed by atoms with Crippen LogP contribution in [-0.2, 0) is 0 Å². The van der Waals surface area contributed by atoms with Crippen molar-refractivity contribution >= 4 is 29.0 Å². The molecule has 1 aromatic carbocycles. The SMILES string of the molecule is NC(=O)c1cc(N2CCSCC2)c(F)cc1N. The van der Waals surface area contributed by atoms with Crippen LogP contribution in [-0.4, -0.2) is 30.5 Å². The monoisotopic (exact) mass is 255 g/mol. The predicted octanol–water partition coefficient (Wildman–Crippen LogP) is 1.06. The molecule has 0 unspecified atom stereocenters. The first-order chi connectivity index (χ1) is 8.09. The second-order valence-electron chi connectivity index (χ2n) is 3.85. The van der Waals surface area contributed by atoms with Gasteiger partial charge in [0.05, 0.1) is 11.3 Å². The van der Waals surface area contributed by atoms with Crippen LogP contribution < -0.4 is 16.4 Å². The van der Waals surface area contributed by atoms with E-state index >= 15 is 0 Å². The van der Waals surface area contributed by atoms with Gasteiger partial charge in [0.2, 0.25) is 0 Å². The number of anilines is 2. The van der Waals surface area contributed by atoms with E-state index in [0.717, 1.165) is 30.7 Å². The largest absolute Gasteiger partial charge is 0.398 e. The molecule has 0 saturated carbocycles. The molecule has 92 valence electrons. The predicted molar refractivity (Wildman–Crippen MR) is 68.9 cm³/mol. The zero-order valence-corrected chi connectivity index (χ0v) is 10.1. The van der Waals surface area contributed by atoms with Crippen molar-refractivity contribution < 1.29 is 9.18 Å². The van der Waals surface area contributed by atoms with Crippen LogP contribution in [0.25, 0.3) is 0 Å². The Labute approximate surface area is 103 Å². The van der Waals surface area contributed by atoms with Gasteiger partial charge in [0.25, 0.3) is 5.91 Å². The second kappa shape index (κ2) is 4.83. The van der Waals surface area contributed by atoms with Crippen LogP contribution in [0.5, 0.6) is 0 Å². The minimum Gasteiger partial charge on any atom is -0.398 e. The molecule has 1 saturated heterocycles. The first-order valence-electron chi connectivity index (χ1n) is 5.31. The fourth-order valence-electron chi connectivity index (χ4n) is 1.84. The number of thioether (sulfide) groups is 1. The molecule has 2 rings (SSSR count). The number of hydrogen-bond donors (Lipinski definition) is 2. The van der Waals surface area contributed by atoms with Gasteiger partial charge in [0.15, 0.2) is 0 Å². The van der Waals surface area contributed by atoms with Crippen LogP contribution in [0.3, 0.4) is 0 Å². The molecular formula is C11H14FN3OS. The van der Waals surface area contributed by atoms with E-state index in [4.69, 9.17) is 11.5 Å². The number of amides is 1. The molecule has 1 fully saturated rings. The number of benzene rings is 1. The van der Waals surface area contributed by atoms with Crippen molar-refractivity contribution in [3.8, 4) is 0 Å². The minimum atomic E-state index is -0.630. The molecule has 0 aromatic heterocycles. The first kappa shape index (κ1) is 12.0. The fourth-order valence-corrected chi connectivity index (χ4v) is 2.74. The molecule has 0 atom stereocenters. The molecule has 0 aliphatic carbocycles. The maximum Gasteiger partial charge on any atom is 0.250 e. The molecular weight excluding hydrogens is 241 g/mol. The third-order valence-corrected chi connectivity index (χ3v) is 3.68. The highest BCUT2D eigenvalue weighted by Crippen LogP contribution is 2.27. The third-order valence-electron chi connectivity index (χ3n) is 2.74. The Morgan fingerprint density at radius 2 is 2.00 bits per heavy atom. The van der Waals surface area contributed by atoms with Gasteiger partial charge in [0, 0.05) is 30.3 Å². The number of carbonyl (C=O) groups is 1. The van der Waals surface area contributed by atoms with E-state index in [1.807, 2.05) is 16.7 Å². The molecule has 0 bridgehead atoms. The summed E-state index contributed by atoms with van der Waals surface area (Å²) in [5.41, 5.74) is 11.4. The smallest absolute Gasteiger partial charge is 0.250 e. The summed E-state index contributed by atoms with van der Waals surface area (Å²) in [4.78, 5) is 13.1. The number of rotatable bonds is 2. The highest BCUT2D eigenvalue weighted by Gasteiger charge is 2.18. The lowest BCUT2D eigenvalue weighted by Crippen LogP contribution is -2.33. The van der Waals surface area contributed by atoms with Gasteiger partial charge in [-0.2, -0.15) is 11.8 Å². The quantitative estimate of drug-likeness (QED) is 0.775. The van der Waals surface area contributed by atoms with Gasteiger partial charge in [-0.1, -0.05) is 0 Å². The van der Waals surface area contributed by atoms with Crippen LogP contribution in [0.1, 0.15) is 10.4 Å². The van der Waals surface area contributed by atoms with Gasteiger partial charge in [-0.25, -0.2) is 4.39 Å². The van der Waals surface area contributed by atoms with Gasteiger partial charge in [0.1, 0.15) is 5.82 Å². The van der Waals surface area contributed by atoms with Gasteiger partial charge in [-0.3, -0.25) is 4.79 Å². The molecule has 4 N–H and O–H groups in total. The van der Waals surface area contributed by atoms with Crippen molar-refractivity contribution in [1.82, 2.24) is 0 Å². The van der Waals surface area contributed by atoms with Crippen molar-refractivity contribution in [2.75, 3.05) is 35.2 Å². The summed E-state index contributed by atoms with van der Waals surface area (Å²) in [6, 6.07) is 2.61. The molecule has 1 aliphatic rings. The zero-order valence-electron chi connectivity index (χ0n) is 9.28. The van der Waals surface area contributed by atoms with Crippen molar-refractivity contribution in [2.24, 2.45) is 5.73 Å². The maximum absolute atomic E-state index is 13.8. The summed E-state index contributed by atoms with van der Waals surface area (Å²) in [6.45, 7) is 1.54. The molecule has 4 nitrogen and oxygen atoms in total. The van der Waals surface area contributed by atoms with Crippen molar-refractivity contribution in [2.45, 2.75) is 0 Å². The van der Waals surface area contributed by atoms with E-state index in [1.54, 1.807) is 0 Å². The van der Waals surface area contributed by atoms with Gasteiger partial charge >= 0.3 is 0 Å². The number of nitrogens with zero attached hydrogens (tertiary/aromatic N) is 1. The van der Waals surface area contributed by atoms with E-state index in [-0.39, 0.29) is 11.3 Å². The second-order valence-corrected chi connectivity index (χ2v) is 5.08. The fraction of sp³-hybridized carbons (Fsp3) is 0.364. The lowest BCUT2D eigenvalue weighted by molar-refractivity contribution is 0.100. The van der Waals surface area contributed by atoms with Crippen LogP contribution in [0.15, 0.2) is 12.1 Å². The Kier molecular flexibility index (Phi) is 3.42. The highest BCUT2D eigenvalue weighted by molar-refractivity contribution is 7.99. The molecule has 1 heterocycles. The molecule has 6 heteroatoms. The van der Waals surface area contributed by atoms with E-state index in [1.165, 1.54) is 6.07 Å². The Balaban J connectivity index is 2.38. The van der Waals surface area contributed by atoms with Crippen molar-refractivity contribution in [3.63, 3.8) is 0 Å². The standard InChI is InChI=1S/C11H14FN3OS/c12-8-6-9(13)7(11(14)16)5-10(8)15-1-3-17-4-2-15/h5-6H,1-4,13H2,(H2,14,16). The lowest BCUT2D eigenvalue weighted by Gasteiger charge is -2.29. The van der Waals surface area contributed by atoms with E-state index in [9.17, 15) is 9.18 Å². The first-order valence-corrected chi connectivity index (χ1v) is 6.46. The summed E-state index contributed by atoms with van der Waals surface area (Å²) >= 11 is 1.83. The Bertz CT molecular complexity index is 447. The summed E-state index contributed by atoms with van der Waals surface area (Å²) < 4.78 is 13.8. The van der Waals surface area contributed by atoms with E-state index in [2.05, 4.69) is 0 Å². The molecule has 1 amide bonds. The number of carbonyl (C=O) groups excluding carboxylic acids is 1. The van der Waals surface area contributed by atoms with Crippen LogP contribution in [0, 0.1) is 5.82 Å². The third kappa shape index (κ3) is 2.46.